The number of carbonyl (C=O) groups is 1. The molecule has 0 bridgehead atoms. The molecular formula is C8H11NO3. The van der Waals surface area contributed by atoms with Gasteiger partial charge in [0, 0.05) is 7.11 Å². The Bertz CT molecular complexity index is 215. The second-order valence-corrected chi connectivity index (χ2v) is 1.95. The van der Waals surface area contributed by atoms with Gasteiger partial charge >= 0.3 is 0 Å². The monoisotopic (exact) mass is 169 g/mol. The first-order valence-electron chi connectivity index (χ1n) is 3.50. The molecule has 4 nitrogen and oxygen atoms in total. The van der Waals surface area contributed by atoms with Crippen molar-refractivity contribution in [2.24, 2.45) is 0 Å². The van der Waals surface area contributed by atoms with E-state index in [4.69, 9.17) is 10.00 Å². The number of rotatable bonds is 5. The van der Waals surface area contributed by atoms with Crippen LogP contribution in [0.5, 0.6) is 0 Å². The summed E-state index contributed by atoms with van der Waals surface area (Å²) in [5.74, 6) is -0.367. The summed E-state index contributed by atoms with van der Waals surface area (Å²) >= 11 is 0. The minimum atomic E-state index is -0.367. The molecule has 0 N–H and O–H groups in total. The summed E-state index contributed by atoms with van der Waals surface area (Å²) in [6.07, 6.45) is 1.15. The maximum absolute atomic E-state index is 11.0. The van der Waals surface area contributed by atoms with E-state index in [0.29, 0.717) is 6.61 Å². The Kier molecular flexibility index (Phi) is 5.66. The zero-order valence-electron chi connectivity index (χ0n) is 7.16. The van der Waals surface area contributed by atoms with Crippen LogP contribution >= 0.6 is 0 Å². The van der Waals surface area contributed by atoms with Crippen LogP contribution in [0.2, 0.25) is 0 Å². The molecule has 0 unspecified atom stereocenters. The number of methoxy groups -OCH3 is 1. The van der Waals surface area contributed by atoms with Crippen molar-refractivity contribution in [2.45, 2.75) is 6.92 Å². The minimum absolute atomic E-state index is 0.0151. The second kappa shape index (κ2) is 6.38. The lowest BCUT2D eigenvalue weighted by atomic mass is 10.2. The number of hydrogen-bond donors (Lipinski definition) is 0. The van der Waals surface area contributed by atoms with Gasteiger partial charge in [-0.25, -0.2) is 0 Å². The van der Waals surface area contributed by atoms with Gasteiger partial charge in [0.15, 0.2) is 0 Å². The first-order valence-corrected chi connectivity index (χ1v) is 3.50. The van der Waals surface area contributed by atoms with Crippen molar-refractivity contribution in [1.82, 2.24) is 0 Å². The largest absolute Gasteiger partial charge is 0.500 e. The van der Waals surface area contributed by atoms with Crippen molar-refractivity contribution in [3.05, 3.63) is 11.8 Å². The van der Waals surface area contributed by atoms with Crippen molar-refractivity contribution in [2.75, 3.05) is 20.3 Å². The average molecular weight is 169 g/mol. The van der Waals surface area contributed by atoms with Gasteiger partial charge in [-0.2, -0.15) is 5.26 Å². The molecule has 0 heterocycles. The molecular weight excluding hydrogens is 158 g/mol. The summed E-state index contributed by atoms with van der Waals surface area (Å²) in [6, 6.07) is 1.73. The van der Waals surface area contributed by atoms with Crippen LogP contribution in [-0.4, -0.2) is 26.1 Å². The Labute approximate surface area is 71.4 Å². The molecule has 0 aromatic heterocycles. The zero-order valence-corrected chi connectivity index (χ0v) is 7.16. The standard InChI is InChI=1S/C8H11NO3/c1-3-12-5-7(4-9)8(10)6-11-2/h5H,3,6H2,1-2H3. The number of nitrogens with zero attached hydrogens (tertiary/aromatic N) is 1. The first-order chi connectivity index (χ1) is 5.76. The van der Waals surface area contributed by atoms with Crippen molar-refractivity contribution >= 4 is 5.78 Å². The number of ketones is 1. The summed E-state index contributed by atoms with van der Waals surface area (Å²) in [5, 5.41) is 8.48. The van der Waals surface area contributed by atoms with E-state index in [9.17, 15) is 4.79 Å². The van der Waals surface area contributed by atoms with Crippen LogP contribution in [0, 0.1) is 11.3 Å². The van der Waals surface area contributed by atoms with Crippen molar-refractivity contribution < 1.29 is 14.3 Å². The fraction of sp³-hybridized carbons (Fsp3) is 0.500. The first kappa shape index (κ1) is 10.7. The quantitative estimate of drug-likeness (QED) is 0.344. The predicted molar refractivity (Wildman–Crippen MR) is 42.2 cm³/mol. The number of Topliss-reactive ketones (excluding diaryl/α,β-unsaturated/α-hetero) is 1. The van der Waals surface area contributed by atoms with Gasteiger partial charge in [0.05, 0.1) is 6.61 Å². The van der Waals surface area contributed by atoms with E-state index in [1.165, 1.54) is 7.11 Å². The summed E-state index contributed by atoms with van der Waals surface area (Å²) in [7, 11) is 1.40. The molecule has 0 saturated heterocycles. The van der Waals surface area contributed by atoms with E-state index in [1.807, 2.05) is 0 Å². The highest BCUT2D eigenvalue weighted by atomic mass is 16.5. The summed E-state index contributed by atoms with van der Waals surface area (Å²) in [5.41, 5.74) is -0.0151. The Morgan fingerprint density at radius 2 is 2.33 bits per heavy atom. The number of hydrogen-bond acceptors (Lipinski definition) is 4. The molecule has 4 heteroatoms. The molecule has 0 aromatic rings. The molecule has 0 aliphatic heterocycles. The Morgan fingerprint density at radius 3 is 2.75 bits per heavy atom. The molecule has 0 amide bonds. The third kappa shape index (κ3) is 3.74. The van der Waals surface area contributed by atoms with Crippen LogP contribution in [0.4, 0.5) is 0 Å². The molecule has 0 radical (unpaired) electrons. The molecule has 0 saturated carbocycles. The molecule has 0 fully saturated rings. The van der Waals surface area contributed by atoms with Gasteiger partial charge in [0.1, 0.15) is 24.5 Å². The topological polar surface area (TPSA) is 59.3 Å². The van der Waals surface area contributed by atoms with Gasteiger partial charge < -0.3 is 9.47 Å². The van der Waals surface area contributed by atoms with Crippen LogP contribution in [0.15, 0.2) is 11.8 Å². The zero-order chi connectivity index (χ0) is 9.40. The molecule has 0 aliphatic carbocycles. The fourth-order valence-electron chi connectivity index (χ4n) is 0.530. The van der Waals surface area contributed by atoms with Gasteiger partial charge in [-0.15, -0.1) is 0 Å². The fourth-order valence-corrected chi connectivity index (χ4v) is 0.530. The predicted octanol–water partition coefficient (Wildman–Crippen LogP) is 0.646. The SMILES string of the molecule is CCOC=C(C#N)C(=O)COC. The summed E-state index contributed by atoms with van der Waals surface area (Å²) in [6.45, 7) is 2.12. The average Bonchev–Trinajstić information content (AvgIpc) is 2.06. The lowest BCUT2D eigenvalue weighted by molar-refractivity contribution is -0.118. The van der Waals surface area contributed by atoms with Gasteiger partial charge in [-0.05, 0) is 6.92 Å². The van der Waals surface area contributed by atoms with E-state index in [1.54, 1.807) is 13.0 Å². The lowest BCUT2D eigenvalue weighted by Gasteiger charge is -1.97. The van der Waals surface area contributed by atoms with E-state index >= 15 is 0 Å². The Balaban J connectivity index is 4.16. The highest BCUT2D eigenvalue weighted by molar-refractivity contribution is 5.99. The number of ether oxygens (including phenoxy) is 2. The van der Waals surface area contributed by atoms with Crippen LogP contribution < -0.4 is 0 Å². The van der Waals surface area contributed by atoms with Gasteiger partial charge in [0.2, 0.25) is 5.78 Å². The summed E-state index contributed by atoms with van der Waals surface area (Å²) < 4.78 is 9.36. The van der Waals surface area contributed by atoms with Gasteiger partial charge in [-0.1, -0.05) is 0 Å². The molecule has 12 heavy (non-hydrogen) atoms. The Hall–Kier alpha value is -1.34. The van der Waals surface area contributed by atoms with Gasteiger partial charge in [0.25, 0.3) is 0 Å². The molecule has 0 aromatic carbocycles. The number of carbonyl (C=O) groups excluding carboxylic acids is 1. The molecule has 66 valence electrons. The maximum atomic E-state index is 11.0. The lowest BCUT2D eigenvalue weighted by Crippen LogP contribution is -2.08. The van der Waals surface area contributed by atoms with E-state index < -0.39 is 0 Å². The van der Waals surface area contributed by atoms with Gasteiger partial charge in [-0.3, -0.25) is 4.79 Å². The third-order valence-corrected chi connectivity index (χ3v) is 1.06. The van der Waals surface area contributed by atoms with Crippen LogP contribution in [-0.2, 0) is 14.3 Å². The normalized spacial score (nSPS) is 10.6. The third-order valence-electron chi connectivity index (χ3n) is 1.06. The van der Waals surface area contributed by atoms with E-state index in [2.05, 4.69) is 4.74 Å². The van der Waals surface area contributed by atoms with E-state index in [-0.39, 0.29) is 18.0 Å². The van der Waals surface area contributed by atoms with E-state index in [0.717, 1.165) is 6.26 Å². The second-order valence-electron chi connectivity index (χ2n) is 1.95. The highest BCUT2D eigenvalue weighted by Gasteiger charge is 2.07. The van der Waals surface area contributed by atoms with Crippen LogP contribution in [0.1, 0.15) is 6.92 Å². The highest BCUT2D eigenvalue weighted by Crippen LogP contribution is 1.95. The number of nitriles is 1. The molecule has 0 aliphatic rings. The maximum Gasteiger partial charge on any atom is 0.202 e. The van der Waals surface area contributed by atoms with Crippen molar-refractivity contribution in [1.29, 1.82) is 5.26 Å². The minimum Gasteiger partial charge on any atom is -0.500 e. The summed E-state index contributed by atoms with van der Waals surface area (Å²) in [4.78, 5) is 11.0. The smallest absolute Gasteiger partial charge is 0.202 e. The Morgan fingerprint density at radius 1 is 1.67 bits per heavy atom. The molecule has 0 rings (SSSR count). The van der Waals surface area contributed by atoms with Crippen LogP contribution in [0.3, 0.4) is 0 Å². The van der Waals surface area contributed by atoms with Crippen molar-refractivity contribution in [3.8, 4) is 6.07 Å². The molecule has 0 spiro atoms. The van der Waals surface area contributed by atoms with Crippen LogP contribution in [0.25, 0.3) is 0 Å². The van der Waals surface area contributed by atoms with Crippen molar-refractivity contribution in [3.63, 3.8) is 0 Å². The molecule has 0 atom stereocenters.